The van der Waals surface area contributed by atoms with Gasteiger partial charge >= 0.3 is 0 Å². The first-order chi connectivity index (χ1) is 8.86. The van der Waals surface area contributed by atoms with Gasteiger partial charge in [0.1, 0.15) is 0 Å². The average Bonchev–Trinajstić information content (AvgIpc) is 2.34. The monoisotopic (exact) mass is 289 g/mol. The number of halogens is 1. The number of sulfonamides is 1. The van der Waals surface area contributed by atoms with Crippen molar-refractivity contribution in [3.05, 3.63) is 24.0 Å². The molecule has 19 heavy (non-hydrogen) atoms. The molecule has 2 N–H and O–H groups in total. The molecule has 0 amide bonds. The van der Waals surface area contributed by atoms with Gasteiger partial charge in [0.15, 0.2) is 11.6 Å². The molecule has 1 fully saturated rings. The van der Waals surface area contributed by atoms with E-state index in [4.69, 9.17) is 4.74 Å². The topological polar surface area (TPSA) is 75.6 Å². The van der Waals surface area contributed by atoms with E-state index in [9.17, 15) is 17.9 Å². The third-order valence-electron chi connectivity index (χ3n) is 3.31. The molecule has 0 aliphatic heterocycles. The molecule has 5 nitrogen and oxygen atoms in total. The van der Waals surface area contributed by atoms with Gasteiger partial charge in [-0.05, 0) is 37.5 Å². The summed E-state index contributed by atoms with van der Waals surface area (Å²) >= 11 is 0. The molecule has 2 rings (SSSR count). The van der Waals surface area contributed by atoms with Crippen LogP contribution in [0.5, 0.6) is 5.75 Å². The SMILES string of the molecule is COc1ccc(S(=O)(=O)NCC2(O)CCC2)cc1F. The lowest BCUT2D eigenvalue weighted by molar-refractivity contribution is -0.0270. The number of ether oxygens (including phenoxy) is 1. The van der Waals surface area contributed by atoms with Crippen molar-refractivity contribution in [1.82, 2.24) is 4.72 Å². The van der Waals surface area contributed by atoms with Crippen LogP contribution in [0.25, 0.3) is 0 Å². The van der Waals surface area contributed by atoms with Crippen molar-refractivity contribution in [3.8, 4) is 5.75 Å². The predicted octanol–water partition coefficient (Wildman–Crippen LogP) is 1.03. The molecule has 0 unspecified atom stereocenters. The highest BCUT2D eigenvalue weighted by molar-refractivity contribution is 7.89. The highest BCUT2D eigenvalue weighted by Crippen LogP contribution is 2.31. The first-order valence-electron chi connectivity index (χ1n) is 5.92. The summed E-state index contributed by atoms with van der Waals surface area (Å²) in [6.07, 6.45) is 2.04. The Bertz CT molecular complexity index is 569. The van der Waals surface area contributed by atoms with Crippen molar-refractivity contribution < 1.29 is 22.7 Å². The lowest BCUT2D eigenvalue weighted by atomic mass is 9.81. The van der Waals surface area contributed by atoms with Crippen molar-refractivity contribution >= 4 is 10.0 Å². The van der Waals surface area contributed by atoms with Crippen LogP contribution in [-0.2, 0) is 10.0 Å². The molecule has 1 saturated carbocycles. The average molecular weight is 289 g/mol. The zero-order chi connectivity index (χ0) is 14.1. The molecule has 106 valence electrons. The van der Waals surface area contributed by atoms with E-state index in [0.29, 0.717) is 12.8 Å². The standard InChI is InChI=1S/C12H16FNO4S/c1-18-11-4-3-9(7-10(11)13)19(16,17)14-8-12(15)5-2-6-12/h3-4,7,14-15H,2,5-6,8H2,1H3. The Labute approximate surface area is 111 Å². The van der Waals surface area contributed by atoms with Crippen molar-refractivity contribution in [3.63, 3.8) is 0 Å². The van der Waals surface area contributed by atoms with Gasteiger partial charge in [0.2, 0.25) is 10.0 Å². The summed E-state index contributed by atoms with van der Waals surface area (Å²) in [5, 5.41) is 9.84. The van der Waals surface area contributed by atoms with Crippen LogP contribution in [0.3, 0.4) is 0 Å². The molecule has 0 spiro atoms. The van der Waals surface area contributed by atoms with E-state index in [1.54, 1.807) is 0 Å². The summed E-state index contributed by atoms with van der Waals surface area (Å²) in [7, 11) is -2.52. The van der Waals surface area contributed by atoms with Crippen molar-refractivity contribution in [2.24, 2.45) is 0 Å². The Balaban J connectivity index is 2.12. The maximum Gasteiger partial charge on any atom is 0.240 e. The number of hydrogen-bond acceptors (Lipinski definition) is 4. The quantitative estimate of drug-likeness (QED) is 0.849. The molecule has 1 aliphatic rings. The van der Waals surface area contributed by atoms with E-state index in [1.165, 1.54) is 19.2 Å². The molecular formula is C12H16FNO4S. The number of aliphatic hydroxyl groups is 1. The molecule has 7 heteroatoms. The Kier molecular flexibility index (Phi) is 3.80. The Morgan fingerprint density at radius 3 is 2.63 bits per heavy atom. The summed E-state index contributed by atoms with van der Waals surface area (Å²) in [5.41, 5.74) is -0.960. The minimum absolute atomic E-state index is 0.0171. The fourth-order valence-corrected chi connectivity index (χ4v) is 3.02. The first kappa shape index (κ1) is 14.2. The van der Waals surface area contributed by atoms with Gasteiger partial charge in [0, 0.05) is 6.54 Å². The van der Waals surface area contributed by atoms with E-state index in [1.807, 2.05) is 0 Å². The third kappa shape index (κ3) is 3.05. The van der Waals surface area contributed by atoms with Gasteiger partial charge in [0.25, 0.3) is 0 Å². The minimum atomic E-state index is -3.82. The molecule has 0 radical (unpaired) electrons. The normalized spacial score (nSPS) is 17.8. The van der Waals surface area contributed by atoms with Crippen molar-refractivity contribution in [2.45, 2.75) is 29.8 Å². The molecule has 0 bridgehead atoms. The van der Waals surface area contributed by atoms with Gasteiger partial charge in [-0.1, -0.05) is 0 Å². The van der Waals surface area contributed by atoms with Crippen molar-refractivity contribution in [1.29, 1.82) is 0 Å². The van der Waals surface area contributed by atoms with Crippen LogP contribution in [0.1, 0.15) is 19.3 Å². The molecule has 0 saturated heterocycles. The van der Waals surface area contributed by atoms with Crippen LogP contribution in [0.15, 0.2) is 23.1 Å². The second-order valence-electron chi connectivity index (χ2n) is 4.70. The van der Waals surface area contributed by atoms with Gasteiger partial charge in [-0.2, -0.15) is 0 Å². The molecule has 0 atom stereocenters. The summed E-state index contributed by atoms with van der Waals surface area (Å²) in [6, 6.07) is 3.41. The van der Waals surface area contributed by atoms with Crippen LogP contribution in [-0.4, -0.2) is 32.8 Å². The molecular weight excluding hydrogens is 273 g/mol. The fraction of sp³-hybridized carbons (Fsp3) is 0.500. The molecule has 0 heterocycles. The zero-order valence-corrected chi connectivity index (χ0v) is 11.3. The van der Waals surface area contributed by atoms with E-state index < -0.39 is 21.4 Å². The number of benzene rings is 1. The lowest BCUT2D eigenvalue weighted by Crippen LogP contribution is -2.47. The number of rotatable bonds is 5. The largest absolute Gasteiger partial charge is 0.494 e. The third-order valence-corrected chi connectivity index (χ3v) is 4.71. The van der Waals surface area contributed by atoms with Gasteiger partial charge in [-0.15, -0.1) is 0 Å². The Hall–Kier alpha value is -1.18. The van der Waals surface area contributed by atoms with Gasteiger partial charge in [0.05, 0.1) is 17.6 Å². The lowest BCUT2D eigenvalue weighted by Gasteiger charge is -2.36. The van der Waals surface area contributed by atoms with E-state index in [2.05, 4.69) is 4.72 Å². The van der Waals surface area contributed by atoms with E-state index in [-0.39, 0.29) is 17.2 Å². The van der Waals surface area contributed by atoms with Gasteiger partial charge in [-0.25, -0.2) is 17.5 Å². The Morgan fingerprint density at radius 1 is 1.47 bits per heavy atom. The maximum absolute atomic E-state index is 13.5. The van der Waals surface area contributed by atoms with Crippen LogP contribution < -0.4 is 9.46 Å². The van der Waals surface area contributed by atoms with Crippen molar-refractivity contribution in [2.75, 3.05) is 13.7 Å². The zero-order valence-electron chi connectivity index (χ0n) is 10.5. The molecule has 1 aromatic rings. The van der Waals surface area contributed by atoms with Gasteiger partial charge in [-0.3, -0.25) is 0 Å². The predicted molar refractivity (Wildman–Crippen MR) is 66.9 cm³/mol. The van der Waals surface area contributed by atoms with Crippen LogP contribution in [0.2, 0.25) is 0 Å². The summed E-state index contributed by atoms with van der Waals surface area (Å²) < 4.78 is 44.4. The second-order valence-corrected chi connectivity index (χ2v) is 6.47. The summed E-state index contributed by atoms with van der Waals surface area (Å²) in [6.45, 7) is -0.0526. The van der Waals surface area contributed by atoms with Crippen LogP contribution in [0, 0.1) is 5.82 Å². The van der Waals surface area contributed by atoms with E-state index in [0.717, 1.165) is 12.5 Å². The molecule has 1 aromatic carbocycles. The Morgan fingerprint density at radius 2 is 2.16 bits per heavy atom. The molecule has 1 aliphatic carbocycles. The smallest absolute Gasteiger partial charge is 0.240 e. The summed E-state index contributed by atoms with van der Waals surface area (Å²) in [4.78, 5) is -0.186. The second kappa shape index (κ2) is 5.07. The summed E-state index contributed by atoms with van der Waals surface area (Å²) in [5.74, 6) is -0.760. The highest BCUT2D eigenvalue weighted by Gasteiger charge is 2.35. The van der Waals surface area contributed by atoms with Crippen LogP contribution in [0.4, 0.5) is 4.39 Å². The van der Waals surface area contributed by atoms with Gasteiger partial charge < -0.3 is 9.84 Å². The number of methoxy groups -OCH3 is 1. The number of nitrogens with one attached hydrogen (secondary N) is 1. The van der Waals surface area contributed by atoms with Crippen LogP contribution >= 0.6 is 0 Å². The minimum Gasteiger partial charge on any atom is -0.494 e. The molecule has 0 aromatic heterocycles. The van der Waals surface area contributed by atoms with E-state index >= 15 is 0 Å². The fourth-order valence-electron chi connectivity index (χ4n) is 1.89. The maximum atomic E-state index is 13.5. The first-order valence-corrected chi connectivity index (χ1v) is 7.40. The highest BCUT2D eigenvalue weighted by atomic mass is 32.2. The number of hydrogen-bond donors (Lipinski definition) is 2.